The molecule has 0 aliphatic carbocycles. The summed E-state index contributed by atoms with van der Waals surface area (Å²) in [5.74, 6) is 1.05. The summed E-state index contributed by atoms with van der Waals surface area (Å²) >= 11 is 3.32. The van der Waals surface area contributed by atoms with Gasteiger partial charge in [-0.25, -0.2) is 0 Å². The Balaban J connectivity index is 1.82. The Morgan fingerprint density at radius 3 is 2.40 bits per heavy atom. The van der Waals surface area contributed by atoms with Crippen LogP contribution in [0.1, 0.15) is 12.7 Å². The van der Waals surface area contributed by atoms with Crippen LogP contribution in [0, 0.1) is 0 Å². The zero-order valence-electron chi connectivity index (χ0n) is 9.08. The van der Waals surface area contributed by atoms with E-state index >= 15 is 0 Å². The second-order valence-corrected chi connectivity index (χ2v) is 4.70. The van der Waals surface area contributed by atoms with Crippen LogP contribution in [0.5, 0.6) is 0 Å². The monoisotopic (exact) mass is 272 g/mol. The van der Waals surface area contributed by atoms with Crippen molar-refractivity contribution in [1.29, 1.82) is 0 Å². The van der Waals surface area contributed by atoms with E-state index in [1.54, 1.807) is 0 Å². The van der Waals surface area contributed by atoms with Gasteiger partial charge in [-0.1, -0.05) is 6.92 Å². The second kappa shape index (κ2) is 5.14. The first-order valence-electron chi connectivity index (χ1n) is 5.47. The molecule has 2 heterocycles. The van der Waals surface area contributed by atoms with Gasteiger partial charge < -0.3 is 9.32 Å². The molecule has 0 atom stereocenters. The third-order valence-electron chi connectivity index (χ3n) is 2.92. The van der Waals surface area contributed by atoms with E-state index in [4.69, 9.17) is 4.42 Å². The van der Waals surface area contributed by atoms with Crippen LogP contribution in [0.25, 0.3) is 0 Å². The fraction of sp³-hybridized carbons (Fsp3) is 0.636. The van der Waals surface area contributed by atoms with E-state index in [1.165, 1.54) is 19.6 Å². The molecule has 1 aliphatic heterocycles. The number of furan rings is 1. The van der Waals surface area contributed by atoms with Crippen molar-refractivity contribution in [3.8, 4) is 0 Å². The van der Waals surface area contributed by atoms with Crippen molar-refractivity contribution in [2.45, 2.75) is 13.5 Å². The highest BCUT2D eigenvalue weighted by molar-refractivity contribution is 9.10. The zero-order valence-corrected chi connectivity index (χ0v) is 10.7. The molecule has 4 heteroatoms. The molecule has 1 saturated heterocycles. The van der Waals surface area contributed by atoms with E-state index < -0.39 is 0 Å². The first kappa shape index (κ1) is 11.2. The first-order chi connectivity index (χ1) is 7.28. The summed E-state index contributed by atoms with van der Waals surface area (Å²) in [4.78, 5) is 4.92. The van der Waals surface area contributed by atoms with Gasteiger partial charge in [0.15, 0.2) is 4.67 Å². The average Bonchev–Trinajstić information content (AvgIpc) is 2.65. The molecule has 84 valence electrons. The quantitative estimate of drug-likeness (QED) is 0.841. The summed E-state index contributed by atoms with van der Waals surface area (Å²) < 4.78 is 6.32. The molecule has 3 nitrogen and oxygen atoms in total. The molecule has 0 aromatic carbocycles. The minimum Gasteiger partial charge on any atom is -0.453 e. The van der Waals surface area contributed by atoms with Crippen molar-refractivity contribution in [3.05, 3.63) is 22.6 Å². The van der Waals surface area contributed by atoms with Crippen LogP contribution in [-0.2, 0) is 6.54 Å². The van der Waals surface area contributed by atoms with Gasteiger partial charge in [-0.05, 0) is 34.6 Å². The SMILES string of the molecule is CCN1CCN(Cc2ccc(Br)o2)CC1. The second-order valence-electron chi connectivity index (χ2n) is 3.92. The standard InChI is InChI=1S/C11H17BrN2O/c1-2-13-5-7-14(8-6-13)9-10-3-4-11(12)15-10/h3-4H,2,5-9H2,1H3. The maximum absolute atomic E-state index is 5.50. The van der Waals surface area contributed by atoms with E-state index in [2.05, 4.69) is 32.7 Å². The van der Waals surface area contributed by atoms with Gasteiger partial charge in [0.1, 0.15) is 5.76 Å². The van der Waals surface area contributed by atoms with Crippen LogP contribution < -0.4 is 0 Å². The molecule has 1 aromatic heterocycles. The summed E-state index contributed by atoms with van der Waals surface area (Å²) in [6, 6.07) is 3.99. The summed E-state index contributed by atoms with van der Waals surface area (Å²) in [6.45, 7) is 8.97. The lowest BCUT2D eigenvalue weighted by Crippen LogP contribution is -2.45. The highest BCUT2D eigenvalue weighted by Crippen LogP contribution is 2.16. The molecule has 0 N–H and O–H groups in total. The van der Waals surface area contributed by atoms with Crippen molar-refractivity contribution in [2.75, 3.05) is 32.7 Å². The Kier molecular flexibility index (Phi) is 3.83. The van der Waals surface area contributed by atoms with Crippen LogP contribution in [0.3, 0.4) is 0 Å². The van der Waals surface area contributed by atoms with Crippen LogP contribution in [0.4, 0.5) is 0 Å². The van der Waals surface area contributed by atoms with Crippen molar-refractivity contribution in [1.82, 2.24) is 9.80 Å². The Morgan fingerprint density at radius 2 is 1.87 bits per heavy atom. The molecule has 0 unspecified atom stereocenters. The van der Waals surface area contributed by atoms with E-state index in [0.29, 0.717) is 0 Å². The van der Waals surface area contributed by atoms with Crippen LogP contribution in [0.15, 0.2) is 21.2 Å². The van der Waals surface area contributed by atoms with E-state index in [0.717, 1.165) is 30.1 Å². The lowest BCUT2D eigenvalue weighted by Gasteiger charge is -2.33. The molecule has 1 aliphatic rings. The number of hydrogen-bond donors (Lipinski definition) is 0. The number of hydrogen-bond acceptors (Lipinski definition) is 3. The largest absolute Gasteiger partial charge is 0.453 e. The summed E-state index contributed by atoms with van der Waals surface area (Å²) in [7, 11) is 0. The van der Waals surface area contributed by atoms with Gasteiger partial charge in [0.25, 0.3) is 0 Å². The first-order valence-corrected chi connectivity index (χ1v) is 6.26. The summed E-state index contributed by atoms with van der Waals surface area (Å²) in [6.07, 6.45) is 0. The van der Waals surface area contributed by atoms with Crippen LogP contribution in [-0.4, -0.2) is 42.5 Å². The molecular formula is C11H17BrN2O. The minimum atomic E-state index is 0.824. The van der Waals surface area contributed by atoms with Gasteiger partial charge in [0, 0.05) is 26.2 Å². The molecule has 0 radical (unpaired) electrons. The molecule has 0 bridgehead atoms. The fourth-order valence-corrected chi connectivity index (χ4v) is 2.26. The molecule has 0 saturated carbocycles. The van der Waals surface area contributed by atoms with Crippen molar-refractivity contribution < 1.29 is 4.42 Å². The van der Waals surface area contributed by atoms with Crippen molar-refractivity contribution in [3.63, 3.8) is 0 Å². The molecule has 0 spiro atoms. The lowest BCUT2D eigenvalue weighted by atomic mass is 10.3. The van der Waals surface area contributed by atoms with Gasteiger partial charge in [0.05, 0.1) is 6.54 Å². The predicted octanol–water partition coefficient (Wildman–Crippen LogP) is 2.18. The Hall–Kier alpha value is -0.320. The number of piperazine rings is 1. The molecule has 0 amide bonds. The van der Waals surface area contributed by atoms with Crippen LogP contribution >= 0.6 is 15.9 Å². The maximum atomic E-state index is 5.50. The molecule has 2 rings (SSSR count). The average molecular weight is 273 g/mol. The number of nitrogens with zero attached hydrogens (tertiary/aromatic N) is 2. The predicted molar refractivity (Wildman–Crippen MR) is 63.8 cm³/mol. The van der Waals surface area contributed by atoms with E-state index in [9.17, 15) is 0 Å². The fourth-order valence-electron chi connectivity index (χ4n) is 1.92. The highest BCUT2D eigenvalue weighted by Gasteiger charge is 2.16. The number of halogens is 1. The lowest BCUT2D eigenvalue weighted by molar-refractivity contribution is 0.125. The van der Waals surface area contributed by atoms with E-state index in [1.807, 2.05) is 12.1 Å². The van der Waals surface area contributed by atoms with Crippen molar-refractivity contribution in [2.24, 2.45) is 0 Å². The normalized spacial score (nSPS) is 19.6. The topological polar surface area (TPSA) is 19.6 Å². The third kappa shape index (κ3) is 3.06. The molecular weight excluding hydrogens is 256 g/mol. The summed E-state index contributed by atoms with van der Waals surface area (Å²) in [5.41, 5.74) is 0. The smallest absolute Gasteiger partial charge is 0.169 e. The van der Waals surface area contributed by atoms with Crippen molar-refractivity contribution >= 4 is 15.9 Å². The van der Waals surface area contributed by atoms with Gasteiger partial charge >= 0.3 is 0 Å². The molecule has 1 fully saturated rings. The number of likely N-dealkylation sites (N-methyl/N-ethyl adjacent to an activating group) is 1. The third-order valence-corrected chi connectivity index (χ3v) is 3.35. The van der Waals surface area contributed by atoms with Gasteiger partial charge in [0.2, 0.25) is 0 Å². The zero-order chi connectivity index (χ0) is 10.7. The summed E-state index contributed by atoms with van der Waals surface area (Å²) in [5, 5.41) is 0. The van der Waals surface area contributed by atoms with Gasteiger partial charge in [-0.2, -0.15) is 0 Å². The Bertz CT molecular complexity index is 305. The number of rotatable bonds is 3. The molecule has 15 heavy (non-hydrogen) atoms. The Morgan fingerprint density at radius 1 is 1.20 bits per heavy atom. The van der Waals surface area contributed by atoms with E-state index in [-0.39, 0.29) is 0 Å². The van der Waals surface area contributed by atoms with Gasteiger partial charge in [-0.15, -0.1) is 0 Å². The Labute approximate surface area is 99.2 Å². The van der Waals surface area contributed by atoms with Gasteiger partial charge in [-0.3, -0.25) is 4.90 Å². The van der Waals surface area contributed by atoms with Crippen LogP contribution in [0.2, 0.25) is 0 Å². The highest BCUT2D eigenvalue weighted by atomic mass is 79.9. The minimum absolute atomic E-state index is 0.824. The maximum Gasteiger partial charge on any atom is 0.169 e. The molecule has 1 aromatic rings.